The third-order valence-electron chi connectivity index (χ3n) is 5.17. The van der Waals surface area contributed by atoms with Gasteiger partial charge >= 0.3 is 5.97 Å². The highest BCUT2D eigenvalue weighted by Crippen LogP contribution is 2.22. The molecular formula is C23H37NO4. The van der Waals surface area contributed by atoms with E-state index in [9.17, 15) is 14.7 Å². The number of nitrogens with zero attached hydrogens (tertiary/aromatic N) is 1. The van der Waals surface area contributed by atoms with Gasteiger partial charge in [0.2, 0.25) is 5.91 Å². The minimum Gasteiger partial charge on any atom is -0.469 e. The first-order valence-corrected chi connectivity index (χ1v) is 10.7. The third kappa shape index (κ3) is 9.41. The van der Waals surface area contributed by atoms with E-state index in [1.807, 2.05) is 24.0 Å². The summed E-state index contributed by atoms with van der Waals surface area (Å²) in [5.74, 6) is 6.36. The van der Waals surface area contributed by atoms with E-state index in [0.717, 1.165) is 51.5 Å². The smallest absolute Gasteiger partial charge is 0.305 e. The van der Waals surface area contributed by atoms with Crippen molar-refractivity contribution in [2.24, 2.45) is 5.92 Å². The monoisotopic (exact) mass is 391 g/mol. The molecule has 0 bridgehead atoms. The summed E-state index contributed by atoms with van der Waals surface area (Å²) < 4.78 is 4.63. The number of amides is 1. The molecule has 5 nitrogen and oxygen atoms in total. The van der Waals surface area contributed by atoms with Gasteiger partial charge in [-0.15, -0.1) is 11.8 Å². The molecule has 1 aliphatic rings. The van der Waals surface area contributed by atoms with Crippen LogP contribution in [-0.2, 0) is 14.3 Å². The van der Waals surface area contributed by atoms with Crippen LogP contribution in [0.3, 0.4) is 0 Å². The minimum atomic E-state index is -0.535. The van der Waals surface area contributed by atoms with Crippen LogP contribution in [0.25, 0.3) is 0 Å². The van der Waals surface area contributed by atoms with E-state index >= 15 is 0 Å². The predicted octanol–water partition coefficient (Wildman–Crippen LogP) is 3.85. The van der Waals surface area contributed by atoms with Gasteiger partial charge in [-0.1, -0.05) is 38.8 Å². The number of hydrogen-bond acceptors (Lipinski definition) is 4. The Morgan fingerprint density at radius 2 is 2.07 bits per heavy atom. The molecular weight excluding hydrogens is 354 g/mol. The number of rotatable bonds is 12. The van der Waals surface area contributed by atoms with Crippen LogP contribution in [0.5, 0.6) is 0 Å². The average Bonchev–Trinajstić information content (AvgIpc) is 3.05. The summed E-state index contributed by atoms with van der Waals surface area (Å²) in [5, 5.41) is 10.3. The Balaban J connectivity index is 2.36. The van der Waals surface area contributed by atoms with Gasteiger partial charge in [0, 0.05) is 32.2 Å². The average molecular weight is 392 g/mol. The highest BCUT2D eigenvalue weighted by atomic mass is 16.5. The van der Waals surface area contributed by atoms with E-state index in [1.54, 1.807) is 0 Å². The second-order valence-corrected chi connectivity index (χ2v) is 7.59. The number of carbonyl (C=O) groups is 2. The van der Waals surface area contributed by atoms with Gasteiger partial charge < -0.3 is 14.7 Å². The number of esters is 1. The summed E-state index contributed by atoms with van der Waals surface area (Å²) in [4.78, 5) is 25.2. The second kappa shape index (κ2) is 14.2. The van der Waals surface area contributed by atoms with E-state index < -0.39 is 6.10 Å². The molecule has 1 saturated heterocycles. The van der Waals surface area contributed by atoms with Gasteiger partial charge in [-0.25, -0.2) is 0 Å². The summed E-state index contributed by atoms with van der Waals surface area (Å²) in [7, 11) is 1.41. The molecule has 158 valence electrons. The molecule has 1 fully saturated rings. The van der Waals surface area contributed by atoms with Gasteiger partial charge in [0.25, 0.3) is 0 Å². The van der Waals surface area contributed by atoms with E-state index in [-0.39, 0.29) is 23.8 Å². The lowest BCUT2D eigenvalue weighted by Gasteiger charge is -2.23. The number of ether oxygens (including phenoxy) is 1. The fourth-order valence-corrected chi connectivity index (χ4v) is 3.25. The zero-order chi connectivity index (χ0) is 20.8. The fourth-order valence-electron chi connectivity index (χ4n) is 3.25. The normalized spacial score (nSPS) is 18.8. The lowest BCUT2D eigenvalue weighted by atomic mass is 9.99. The van der Waals surface area contributed by atoms with Crippen LogP contribution in [0.2, 0.25) is 0 Å². The molecule has 0 spiro atoms. The Labute approximate surface area is 170 Å². The van der Waals surface area contributed by atoms with Crippen molar-refractivity contribution in [3.63, 3.8) is 0 Å². The molecule has 1 N–H and O–H groups in total. The zero-order valence-corrected chi connectivity index (χ0v) is 17.8. The molecule has 0 saturated carbocycles. The number of aliphatic hydroxyl groups is 1. The van der Waals surface area contributed by atoms with Gasteiger partial charge in [-0.2, -0.15) is 0 Å². The van der Waals surface area contributed by atoms with Crippen molar-refractivity contribution < 1.29 is 19.4 Å². The first-order valence-electron chi connectivity index (χ1n) is 10.7. The summed E-state index contributed by atoms with van der Waals surface area (Å²) in [6, 6.07) is 0.0793. The van der Waals surface area contributed by atoms with E-state index in [1.165, 1.54) is 7.11 Å². The summed E-state index contributed by atoms with van der Waals surface area (Å²) in [6.07, 6.45) is 11.5. The largest absolute Gasteiger partial charge is 0.469 e. The van der Waals surface area contributed by atoms with Gasteiger partial charge in [0.1, 0.15) is 0 Å². The standard InChI is InChI=1S/C23H37NO4/c1-4-5-6-9-12-19(2)21(25)16-14-20-15-17-22(26)24(20)18-11-8-7-10-13-23(27)28-3/h14,16,19-21,25H,4-5,7-8,10-13,15,17-18H2,1-3H3/t19-,20-,21-/m0/s1. The number of methoxy groups -OCH3 is 1. The van der Waals surface area contributed by atoms with Gasteiger partial charge in [0.05, 0.1) is 19.3 Å². The highest BCUT2D eigenvalue weighted by Gasteiger charge is 2.28. The molecule has 0 radical (unpaired) electrons. The highest BCUT2D eigenvalue weighted by molar-refractivity contribution is 5.79. The molecule has 1 aliphatic heterocycles. The molecule has 1 amide bonds. The Hall–Kier alpha value is -1.80. The number of likely N-dealkylation sites (tertiary alicyclic amines) is 1. The van der Waals surface area contributed by atoms with Crippen molar-refractivity contribution >= 4 is 11.9 Å². The second-order valence-electron chi connectivity index (χ2n) is 7.59. The van der Waals surface area contributed by atoms with Crippen molar-refractivity contribution in [3.8, 4) is 11.8 Å². The van der Waals surface area contributed by atoms with Crippen LogP contribution in [0.15, 0.2) is 12.2 Å². The molecule has 0 aromatic carbocycles. The lowest BCUT2D eigenvalue weighted by Crippen LogP contribution is -2.33. The Morgan fingerprint density at radius 3 is 2.79 bits per heavy atom. The van der Waals surface area contributed by atoms with Crippen LogP contribution in [0.1, 0.15) is 78.1 Å². The maximum atomic E-state index is 12.2. The van der Waals surface area contributed by atoms with Crippen LogP contribution in [-0.4, -0.2) is 47.7 Å². The first-order chi connectivity index (χ1) is 13.5. The van der Waals surface area contributed by atoms with Gasteiger partial charge in [-0.05, 0) is 31.6 Å². The van der Waals surface area contributed by atoms with Gasteiger partial charge in [-0.3, -0.25) is 9.59 Å². The van der Waals surface area contributed by atoms with Crippen molar-refractivity contribution in [1.29, 1.82) is 0 Å². The molecule has 5 heteroatoms. The number of aliphatic hydroxyl groups excluding tert-OH is 1. The van der Waals surface area contributed by atoms with Crippen molar-refractivity contribution in [1.82, 2.24) is 4.90 Å². The van der Waals surface area contributed by atoms with Crippen LogP contribution in [0, 0.1) is 17.8 Å². The predicted molar refractivity (Wildman–Crippen MR) is 111 cm³/mol. The minimum absolute atomic E-state index is 0.0793. The third-order valence-corrected chi connectivity index (χ3v) is 5.17. The maximum absolute atomic E-state index is 12.2. The Morgan fingerprint density at radius 1 is 1.32 bits per heavy atom. The van der Waals surface area contributed by atoms with Crippen LogP contribution in [0.4, 0.5) is 0 Å². The lowest BCUT2D eigenvalue weighted by molar-refractivity contribution is -0.140. The summed E-state index contributed by atoms with van der Waals surface area (Å²) >= 11 is 0. The fraction of sp³-hybridized carbons (Fsp3) is 0.739. The topological polar surface area (TPSA) is 66.8 Å². The molecule has 3 atom stereocenters. The molecule has 0 unspecified atom stereocenters. The van der Waals surface area contributed by atoms with Crippen molar-refractivity contribution in [2.45, 2.75) is 90.2 Å². The van der Waals surface area contributed by atoms with E-state index in [2.05, 4.69) is 23.5 Å². The quantitative estimate of drug-likeness (QED) is 0.237. The molecule has 1 rings (SSSR count). The molecule has 28 heavy (non-hydrogen) atoms. The van der Waals surface area contributed by atoms with Crippen molar-refractivity contribution in [2.75, 3.05) is 13.7 Å². The SMILES string of the molecule is CCCC#CC[C@H](C)[C@@H](O)C=C[C@H]1CCC(=O)N1CCCCCCC(=O)OC. The van der Waals surface area contributed by atoms with E-state index in [0.29, 0.717) is 19.3 Å². The van der Waals surface area contributed by atoms with Crippen molar-refractivity contribution in [3.05, 3.63) is 12.2 Å². The Kier molecular flexibility index (Phi) is 12.3. The first kappa shape index (κ1) is 24.2. The number of hydrogen-bond donors (Lipinski definition) is 1. The number of carbonyl (C=O) groups excluding carboxylic acids is 2. The summed E-state index contributed by atoms with van der Waals surface area (Å²) in [5.41, 5.74) is 0. The van der Waals surface area contributed by atoms with Gasteiger partial charge in [0.15, 0.2) is 0 Å². The number of unbranched alkanes of at least 4 members (excludes halogenated alkanes) is 4. The molecule has 0 aromatic heterocycles. The van der Waals surface area contributed by atoms with Crippen LogP contribution >= 0.6 is 0 Å². The Bertz CT molecular complexity index is 561. The van der Waals surface area contributed by atoms with Crippen LogP contribution < -0.4 is 0 Å². The molecule has 1 heterocycles. The zero-order valence-electron chi connectivity index (χ0n) is 17.8. The summed E-state index contributed by atoms with van der Waals surface area (Å²) in [6.45, 7) is 4.84. The molecule has 0 aliphatic carbocycles. The van der Waals surface area contributed by atoms with E-state index in [4.69, 9.17) is 0 Å². The maximum Gasteiger partial charge on any atom is 0.305 e. The molecule has 0 aromatic rings.